The highest BCUT2D eigenvalue weighted by Crippen LogP contribution is 2.19. The molecule has 0 aliphatic carbocycles. The van der Waals surface area contributed by atoms with E-state index in [1.165, 1.54) is 12.4 Å². The van der Waals surface area contributed by atoms with Crippen molar-refractivity contribution < 1.29 is 14.7 Å². The number of carboxylic acids is 1. The SMILES string of the molecule is O=C(CCc1ccc(-c2cncnc2)cc1)Nc1ccccc1C(=O)O. The van der Waals surface area contributed by atoms with E-state index in [9.17, 15) is 9.59 Å². The molecule has 0 saturated heterocycles. The maximum atomic E-state index is 12.1. The first-order valence-corrected chi connectivity index (χ1v) is 8.10. The maximum absolute atomic E-state index is 12.1. The Balaban J connectivity index is 1.59. The van der Waals surface area contributed by atoms with Gasteiger partial charge >= 0.3 is 5.97 Å². The van der Waals surface area contributed by atoms with E-state index in [2.05, 4.69) is 15.3 Å². The Morgan fingerprint density at radius 3 is 2.31 bits per heavy atom. The Morgan fingerprint density at radius 1 is 0.923 bits per heavy atom. The van der Waals surface area contributed by atoms with E-state index in [-0.39, 0.29) is 17.9 Å². The summed E-state index contributed by atoms with van der Waals surface area (Å²) in [4.78, 5) is 31.3. The first-order chi connectivity index (χ1) is 12.6. The van der Waals surface area contributed by atoms with Gasteiger partial charge in [-0.25, -0.2) is 14.8 Å². The number of carbonyl (C=O) groups excluding carboxylic acids is 1. The van der Waals surface area contributed by atoms with Crippen LogP contribution in [0.5, 0.6) is 0 Å². The fourth-order valence-corrected chi connectivity index (χ4v) is 2.56. The largest absolute Gasteiger partial charge is 0.478 e. The van der Waals surface area contributed by atoms with Gasteiger partial charge in [-0.1, -0.05) is 36.4 Å². The molecule has 1 heterocycles. The third-order valence-electron chi connectivity index (χ3n) is 3.92. The van der Waals surface area contributed by atoms with Crippen LogP contribution < -0.4 is 5.32 Å². The summed E-state index contributed by atoms with van der Waals surface area (Å²) in [6.07, 6.45) is 5.80. The van der Waals surface area contributed by atoms with Crippen molar-refractivity contribution in [2.75, 3.05) is 5.32 Å². The Bertz CT molecular complexity index is 909. The molecule has 0 spiro atoms. The van der Waals surface area contributed by atoms with Gasteiger partial charge in [0.05, 0.1) is 11.3 Å². The van der Waals surface area contributed by atoms with Crippen LogP contribution in [0.1, 0.15) is 22.3 Å². The van der Waals surface area contributed by atoms with Crippen molar-refractivity contribution in [1.29, 1.82) is 0 Å². The van der Waals surface area contributed by atoms with Crippen LogP contribution in [0, 0.1) is 0 Å². The lowest BCUT2D eigenvalue weighted by atomic mass is 10.0. The summed E-state index contributed by atoms with van der Waals surface area (Å²) >= 11 is 0. The lowest BCUT2D eigenvalue weighted by Gasteiger charge is -2.08. The molecule has 6 heteroatoms. The number of aromatic nitrogens is 2. The zero-order chi connectivity index (χ0) is 18.4. The number of aromatic carboxylic acids is 1. The zero-order valence-corrected chi connectivity index (χ0v) is 13.9. The predicted molar refractivity (Wildman–Crippen MR) is 97.8 cm³/mol. The van der Waals surface area contributed by atoms with Crippen molar-refractivity contribution in [3.05, 3.63) is 78.4 Å². The highest BCUT2D eigenvalue weighted by molar-refractivity contribution is 6.00. The van der Waals surface area contributed by atoms with Crippen LogP contribution in [0.25, 0.3) is 11.1 Å². The number of para-hydroxylation sites is 1. The number of benzene rings is 2. The monoisotopic (exact) mass is 347 g/mol. The number of rotatable bonds is 6. The number of hydrogen-bond acceptors (Lipinski definition) is 4. The molecule has 130 valence electrons. The minimum Gasteiger partial charge on any atom is -0.478 e. The van der Waals surface area contributed by atoms with E-state index < -0.39 is 5.97 Å². The van der Waals surface area contributed by atoms with E-state index in [1.807, 2.05) is 24.3 Å². The molecule has 0 unspecified atom stereocenters. The van der Waals surface area contributed by atoms with Crippen molar-refractivity contribution in [1.82, 2.24) is 9.97 Å². The normalized spacial score (nSPS) is 10.3. The van der Waals surface area contributed by atoms with E-state index >= 15 is 0 Å². The van der Waals surface area contributed by atoms with E-state index in [1.54, 1.807) is 30.6 Å². The summed E-state index contributed by atoms with van der Waals surface area (Å²) < 4.78 is 0. The molecular formula is C20H17N3O3. The quantitative estimate of drug-likeness (QED) is 0.713. The Labute approximate surface area is 150 Å². The summed E-state index contributed by atoms with van der Waals surface area (Å²) in [5.41, 5.74) is 3.35. The maximum Gasteiger partial charge on any atom is 0.337 e. The highest BCUT2D eigenvalue weighted by atomic mass is 16.4. The molecule has 26 heavy (non-hydrogen) atoms. The van der Waals surface area contributed by atoms with Crippen molar-refractivity contribution in [3.8, 4) is 11.1 Å². The van der Waals surface area contributed by atoms with Crippen molar-refractivity contribution in [3.63, 3.8) is 0 Å². The smallest absolute Gasteiger partial charge is 0.337 e. The molecule has 2 N–H and O–H groups in total. The molecule has 0 aliphatic heterocycles. The van der Waals surface area contributed by atoms with Crippen LogP contribution in [0.15, 0.2) is 67.3 Å². The topological polar surface area (TPSA) is 92.2 Å². The second-order valence-electron chi connectivity index (χ2n) is 5.72. The number of nitrogens with one attached hydrogen (secondary N) is 1. The average molecular weight is 347 g/mol. The van der Waals surface area contributed by atoms with Gasteiger partial charge in [0.15, 0.2) is 0 Å². The zero-order valence-electron chi connectivity index (χ0n) is 13.9. The standard InChI is InChI=1S/C20H17N3O3/c24-19(23-18-4-2-1-3-17(18)20(25)26)10-7-14-5-8-15(9-6-14)16-11-21-13-22-12-16/h1-6,8-9,11-13H,7,10H2,(H,23,24)(H,25,26). The van der Waals surface area contributed by atoms with Gasteiger partial charge in [0.25, 0.3) is 0 Å². The average Bonchev–Trinajstić information content (AvgIpc) is 2.68. The van der Waals surface area contributed by atoms with Crippen molar-refractivity contribution in [2.24, 2.45) is 0 Å². The van der Waals surface area contributed by atoms with Crippen molar-refractivity contribution in [2.45, 2.75) is 12.8 Å². The van der Waals surface area contributed by atoms with E-state index in [0.29, 0.717) is 12.1 Å². The van der Waals surface area contributed by atoms with Gasteiger partial charge in [-0.15, -0.1) is 0 Å². The molecule has 3 aromatic rings. The summed E-state index contributed by atoms with van der Waals surface area (Å²) in [5, 5.41) is 11.8. The number of aryl methyl sites for hydroxylation is 1. The number of carbonyl (C=O) groups is 2. The minimum absolute atomic E-state index is 0.0790. The Morgan fingerprint density at radius 2 is 1.62 bits per heavy atom. The summed E-state index contributed by atoms with van der Waals surface area (Å²) in [7, 11) is 0. The second-order valence-corrected chi connectivity index (χ2v) is 5.72. The molecule has 0 radical (unpaired) electrons. The summed E-state index contributed by atoms with van der Waals surface area (Å²) in [6, 6.07) is 14.2. The molecule has 2 aromatic carbocycles. The van der Waals surface area contributed by atoms with E-state index in [4.69, 9.17) is 5.11 Å². The lowest BCUT2D eigenvalue weighted by Crippen LogP contribution is -2.15. The molecule has 1 aromatic heterocycles. The molecule has 3 rings (SSSR count). The van der Waals surface area contributed by atoms with Gasteiger partial charge < -0.3 is 10.4 Å². The number of nitrogens with zero attached hydrogens (tertiary/aromatic N) is 2. The molecule has 0 aliphatic rings. The van der Waals surface area contributed by atoms with Gasteiger partial charge in [-0.3, -0.25) is 4.79 Å². The molecule has 0 saturated carbocycles. The van der Waals surface area contributed by atoms with Gasteiger partial charge in [0, 0.05) is 24.4 Å². The fraction of sp³-hybridized carbons (Fsp3) is 0.100. The van der Waals surface area contributed by atoms with Crippen LogP contribution in [0.4, 0.5) is 5.69 Å². The third-order valence-corrected chi connectivity index (χ3v) is 3.92. The first kappa shape index (κ1) is 17.3. The Kier molecular flexibility index (Phi) is 5.34. The highest BCUT2D eigenvalue weighted by Gasteiger charge is 2.11. The van der Waals surface area contributed by atoms with Crippen molar-refractivity contribution >= 4 is 17.6 Å². The molecule has 6 nitrogen and oxygen atoms in total. The number of hydrogen-bond donors (Lipinski definition) is 2. The first-order valence-electron chi connectivity index (χ1n) is 8.10. The molecular weight excluding hydrogens is 330 g/mol. The fourth-order valence-electron chi connectivity index (χ4n) is 2.56. The van der Waals surface area contributed by atoms with Crippen LogP contribution in [-0.4, -0.2) is 27.0 Å². The molecule has 0 atom stereocenters. The predicted octanol–water partition coefficient (Wildman–Crippen LogP) is 3.41. The molecule has 1 amide bonds. The summed E-state index contributed by atoms with van der Waals surface area (Å²) in [6.45, 7) is 0. The summed E-state index contributed by atoms with van der Waals surface area (Å²) in [5.74, 6) is -1.29. The second kappa shape index (κ2) is 8.02. The number of anilines is 1. The molecule has 0 fully saturated rings. The van der Waals surface area contributed by atoms with E-state index in [0.717, 1.165) is 16.7 Å². The molecule has 0 bridgehead atoms. The van der Waals surface area contributed by atoms with Gasteiger partial charge in [-0.2, -0.15) is 0 Å². The van der Waals surface area contributed by atoms with Crippen LogP contribution in [-0.2, 0) is 11.2 Å². The van der Waals surface area contributed by atoms with Gasteiger partial charge in [-0.05, 0) is 29.7 Å². The van der Waals surface area contributed by atoms with Gasteiger partial charge in [0.1, 0.15) is 6.33 Å². The lowest BCUT2D eigenvalue weighted by molar-refractivity contribution is -0.116. The Hall–Kier alpha value is -3.54. The number of amides is 1. The van der Waals surface area contributed by atoms with Crippen LogP contribution >= 0.6 is 0 Å². The third kappa shape index (κ3) is 4.30. The minimum atomic E-state index is -1.07. The van der Waals surface area contributed by atoms with Crippen LogP contribution in [0.3, 0.4) is 0 Å². The number of carboxylic acid groups (broad SMARTS) is 1. The van der Waals surface area contributed by atoms with Crippen LogP contribution in [0.2, 0.25) is 0 Å². The van der Waals surface area contributed by atoms with Gasteiger partial charge in [0.2, 0.25) is 5.91 Å².